The summed E-state index contributed by atoms with van der Waals surface area (Å²) in [5.41, 5.74) is -0.184. The lowest BCUT2D eigenvalue weighted by Crippen LogP contribution is -2.54. The summed E-state index contributed by atoms with van der Waals surface area (Å²) >= 11 is 0. The summed E-state index contributed by atoms with van der Waals surface area (Å²) in [4.78, 5) is 24.6. The van der Waals surface area contributed by atoms with Crippen molar-refractivity contribution in [3.8, 4) is 0 Å². The first-order chi connectivity index (χ1) is 11.1. The van der Waals surface area contributed by atoms with E-state index >= 15 is 0 Å². The maximum absolute atomic E-state index is 12.7. The molecule has 4 fully saturated rings. The lowest BCUT2D eigenvalue weighted by molar-refractivity contribution is -0.147. The number of hydrogen-bond acceptors (Lipinski definition) is 3. The smallest absolute Gasteiger partial charge is 0.239 e. The third kappa shape index (κ3) is 2.89. The second kappa shape index (κ2) is 5.69. The molecule has 2 amide bonds. The largest absolute Gasteiger partial charge is 0.467 e. The fourth-order valence-corrected chi connectivity index (χ4v) is 5.40. The third-order valence-corrected chi connectivity index (χ3v) is 5.97. The number of hydrogen-bond donors (Lipinski definition) is 2. The van der Waals surface area contributed by atoms with E-state index in [2.05, 4.69) is 10.6 Å². The van der Waals surface area contributed by atoms with Gasteiger partial charge in [0.05, 0.1) is 19.4 Å². The van der Waals surface area contributed by atoms with E-state index in [1.807, 2.05) is 6.07 Å². The second-order valence-electron chi connectivity index (χ2n) is 7.74. The first-order valence-corrected chi connectivity index (χ1v) is 8.70. The summed E-state index contributed by atoms with van der Waals surface area (Å²) < 4.78 is 5.17. The van der Waals surface area contributed by atoms with Gasteiger partial charge in [-0.1, -0.05) is 0 Å². The summed E-state index contributed by atoms with van der Waals surface area (Å²) in [6.07, 6.45) is 8.61. The molecule has 2 N–H and O–H groups in total. The van der Waals surface area contributed by atoms with Gasteiger partial charge in [-0.25, -0.2) is 0 Å². The number of amides is 2. The lowest BCUT2D eigenvalue weighted by atomic mass is 9.49. The van der Waals surface area contributed by atoms with E-state index in [4.69, 9.17) is 4.42 Å². The van der Waals surface area contributed by atoms with E-state index in [1.54, 1.807) is 12.3 Å². The highest BCUT2D eigenvalue weighted by Gasteiger charge is 2.54. The van der Waals surface area contributed by atoms with Crippen LogP contribution in [0.1, 0.15) is 44.3 Å². The van der Waals surface area contributed by atoms with Gasteiger partial charge in [0.25, 0.3) is 0 Å². The van der Waals surface area contributed by atoms with Crippen LogP contribution in [0.2, 0.25) is 0 Å². The SMILES string of the molecule is O=C(CNC(=O)C12CC3CC(CC(C3)C1)C2)NCc1ccco1. The fraction of sp³-hybridized carbons (Fsp3) is 0.667. The molecular weight excluding hydrogens is 292 g/mol. The highest BCUT2D eigenvalue weighted by Crippen LogP contribution is 2.60. The molecule has 0 saturated heterocycles. The van der Waals surface area contributed by atoms with Crippen molar-refractivity contribution < 1.29 is 14.0 Å². The maximum Gasteiger partial charge on any atom is 0.239 e. The molecule has 4 aliphatic rings. The van der Waals surface area contributed by atoms with Crippen molar-refractivity contribution in [1.82, 2.24) is 10.6 Å². The van der Waals surface area contributed by atoms with Crippen molar-refractivity contribution in [3.05, 3.63) is 24.2 Å². The van der Waals surface area contributed by atoms with Crippen LogP contribution in [0.25, 0.3) is 0 Å². The lowest BCUT2D eigenvalue weighted by Gasteiger charge is -2.55. The van der Waals surface area contributed by atoms with Gasteiger partial charge in [-0.2, -0.15) is 0 Å². The van der Waals surface area contributed by atoms with E-state index in [9.17, 15) is 9.59 Å². The molecule has 0 unspecified atom stereocenters. The Morgan fingerprint density at radius 2 is 1.74 bits per heavy atom. The molecule has 5 nitrogen and oxygen atoms in total. The monoisotopic (exact) mass is 316 g/mol. The van der Waals surface area contributed by atoms with Gasteiger partial charge < -0.3 is 15.1 Å². The van der Waals surface area contributed by atoms with Crippen LogP contribution >= 0.6 is 0 Å². The summed E-state index contributed by atoms with van der Waals surface area (Å²) in [6.45, 7) is 0.417. The Bertz CT molecular complexity index is 558. The summed E-state index contributed by atoms with van der Waals surface area (Å²) in [6, 6.07) is 3.60. The molecule has 1 aromatic heterocycles. The van der Waals surface area contributed by atoms with E-state index in [-0.39, 0.29) is 23.8 Å². The second-order valence-corrected chi connectivity index (χ2v) is 7.74. The predicted molar refractivity (Wildman–Crippen MR) is 84.2 cm³/mol. The van der Waals surface area contributed by atoms with Gasteiger partial charge in [0.1, 0.15) is 5.76 Å². The van der Waals surface area contributed by atoms with E-state index in [0.717, 1.165) is 37.0 Å². The topological polar surface area (TPSA) is 71.3 Å². The average Bonchev–Trinajstić information content (AvgIpc) is 3.02. The summed E-state index contributed by atoms with van der Waals surface area (Å²) in [5, 5.41) is 5.65. The van der Waals surface area contributed by atoms with Crippen molar-refractivity contribution in [2.45, 2.75) is 45.1 Å². The fourth-order valence-electron chi connectivity index (χ4n) is 5.40. The zero-order valence-corrected chi connectivity index (χ0v) is 13.3. The number of furan rings is 1. The summed E-state index contributed by atoms with van der Waals surface area (Å²) in [5.74, 6) is 2.86. The Labute approximate surface area is 136 Å². The molecule has 4 saturated carbocycles. The van der Waals surface area contributed by atoms with Crippen molar-refractivity contribution in [3.63, 3.8) is 0 Å². The molecule has 5 heteroatoms. The van der Waals surface area contributed by atoms with E-state index in [1.165, 1.54) is 19.3 Å². The molecule has 124 valence electrons. The molecule has 0 spiro atoms. The number of rotatable bonds is 5. The van der Waals surface area contributed by atoms with Crippen molar-refractivity contribution in [2.24, 2.45) is 23.2 Å². The minimum atomic E-state index is -0.184. The first kappa shape index (κ1) is 14.8. The average molecular weight is 316 g/mol. The molecule has 0 radical (unpaired) electrons. The predicted octanol–water partition coefficient (Wildman–Crippen LogP) is 2.23. The van der Waals surface area contributed by atoms with E-state index in [0.29, 0.717) is 12.3 Å². The Morgan fingerprint density at radius 3 is 2.30 bits per heavy atom. The number of nitrogens with one attached hydrogen (secondary N) is 2. The Kier molecular flexibility index (Phi) is 3.66. The van der Waals surface area contributed by atoms with Gasteiger partial charge in [0.15, 0.2) is 0 Å². The number of carbonyl (C=O) groups excluding carboxylic acids is 2. The molecule has 0 atom stereocenters. The van der Waals surface area contributed by atoms with Crippen LogP contribution in [0.15, 0.2) is 22.8 Å². The molecule has 4 bridgehead atoms. The highest BCUT2D eigenvalue weighted by atomic mass is 16.3. The quantitative estimate of drug-likeness (QED) is 0.875. The Balaban J connectivity index is 1.29. The third-order valence-electron chi connectivity index (χ3n) is 5.97. The van der Waals surface area contributed by atoms with Gasteiger partial charge in [-0.3, -0.25) is 9.59 Å². The molecule has 4 aliphatic carbocycles. The van der Waals surface area contributed by atoms with Crippen LogP contribution in [-0.2, 0) is 16.1 Å². The molecule has 0 aliphatic heterocycles. The molecular formula is C18H24N2O3. The molecule has 0 aromatic carbocycles. The zero-order chi connectivity index (χ0) is 15.9. The zero-order valence-electron chi connectivity index (χ0n) is 13.3. The van der Waals surface area contributed by atoms with Crippen molar-refractivity contribution >= 4 is 11.8 Å². The minimum Gasteiger partial charge on any atom is -0.467 e. The Hall–Kier alpha value is -1.78. The first-order valence-electron chi connectivity index (χ1n) is 8.70. The maximum atomic E-state index is 12.7. The standard InChI is InChI=1S/C18H24N2O3/c21-16(19-10-15-2-1-3-23-15)11-20-17(22)18-7-12-4-13(8-18)6-14(5-12)9-18/h1-3,12-14H,4-11H2,(H,19,21)(H,20,22). The number of carbonyl (C=O) groups is 2. The van der Waals surface area contributed by atoms with Crippen molar-refractivity contribution in [2.75, 3.05) is 6.54 Å². The molecule has 1 heterocycles. The van der Waals surface area contributed by atoms with Crippen LogP contribution in [-0.4, -0.2) is 18.4 Å². The molecule has 5 rings (SSSR count). The van der Waals surface area contributed by atoms with Crippen LogP contribution in [0.4, 0.5) is 0 Å². The molecule has 23 heavy (non-hydrogen) atoms. The van der Waals surface area contributed by atoms with Gasteiger partial charge in [-0.05, 0) is 68.4 Å². The van der Waals surface area contributed by atoms with Gasteiger partial charge in [-0.15, -0.1) is 0 Å². The van der Waals surface area contributed by atoms with Crippen LogP contribution in [0.3, 0.4) is 0 Å². The van der Waals surface area contributed by atoms with E-state index < -0.39 is 0 Å². The summed E-state index contributed by atoms with van der Waals surface area (Å²) in [7, 11) is 0. The van der Waals surface area contributed by atoms with Crippen LogP contribution < -0.4 is 10.6 Å². The van der Waals surface area contributed by atoms with Crippen molar-refractivity contribution in [1.29, 1.82) is 0 Å². The normalized spacial score (nSPS) is 34.3. The van der Waals surface area contributed by atoms with Crippen LogP contribution in [0, 0.1) is 23.2 Å². The van der Waals surface area contributed by atoms with Gasteiger partial charge >= 0.3 is 0 Å². The van der Waals surface area contributed by atoms with Gasteiger partial charge in [0, 0.05) is 5.41 Å². The Morgan fingerprint density at radius 1 is 1.09 bits per heavy atom. The van der Waals surface area contributed by atoms with Gasteiger partial charge in [0.2, 0.25) is 11.8 Å². The minimum absolute atomic E-state index is 0.0568. The highest BCUT2D eigenvalue weighted by molar-refractivity contribution is 5.88. The molecule has 1 aromatic rings. The van der Waals surface area contributed by atoms with Crippen LogP contribution in [0.5, 0.6) is 0 Å².